The van der Waals surface area contributed by atoms with Gasteiger partial charge < -0.3 is 5.11 Å². The zero-order valence-corrected chi connectivity index (χ0v) is 12.8. The van der Waals surface area contributed by atoms with Crippen molar-refractivity contribution in [1.82, 2.24) is 4.31 Å². The van der Waals surface area contributed by atoms with Gasteiger partial charge >= 0.3 is 0 Å². The number of thioether (sulfide) groups is 1. The molecule has 4 nitrogen and oxygen atoms in total. The van der Waals surface area contributed by atoms with Gasteiger partial charge in [0.1, 0.15) is 0 Å². The van der Waals surface area contributed by atoms with Crippen molar-refractivity contribution in [2.75, 3.05) is 25.1 Å². The molecule has 3 unspecified atom stereocenters. The highest BCUT2D eigenvalue weighted by molar-refractivity contribution is 8.00. The smallest absolute Gasteiger partial charge is 0.211 e. The zero-order chi connectivity index (χ0) is 13.4. The fourth-order valence-electron chi connectivity index (χ4n) is 3.12. The lowest BCUT2D eigenvalue weighted by Crippen LogP contribution is -2.42. The van der Waals surface area contributed by atoms with Gasteiger partial charge in [-0.05, 0) is 31.6 Å². The van der Waals surface area contributed by atoms with Crippen LogP contribution in [0.1, 0.15) is 32.6 Å². The molecule has 0 radical (unpaired) electrons. The van der Waals surface area contributed by atoms with Gasteiger partial charge in [0.25, 0.3) is 0 Å². The number of nitrogens with zero attached hydrogens (tertiary/aromatic N) is 1. The lowest BCUT2D eigenvalue weighted by molar-refractivity contribution is 0.0284. The summed E-state index contributed by atoms with van der Waals surface area (Å²) in [4.78, 5) is 0. The molecule has 0 bridgehead atoms. The molecule has 0 amide bonds. The molecule has 0 aromatic carbocycles. The van der Waals surface area contributed by atoms with Gasteiger partial charge in [-0.2, -0.15) is 11.8 Å². The number of aliphatic hydroxyl groups is 1. The van der Waals surface area contributed by atoms with Crippen molar-refractivity contribution in [2.24, 2.45) is 5.92 Å². The molecule has 106 valence electrons. The zero-order valence-electron chi connectivity index (χ0n) is 11.1. The summed E-state index contributed by atoms with van der Waals surface area (Å²) in [6.07, 6.45) is 4.81. The fourth-order valence-corrected chi connectivity index (χ4v) is 5.33. The molecule has 2 saturated heterocycles. The lowest BCUT2D eigenvalue weighted by Gasteiger charge is -2.34. The summed E-state index contributed by atoms with van der Waals surface area (Å²) in [5, 5.41) is 11.0. The largest absolute Gasteiger partial charge is 0.389 e. The summed E-state index contributed by atoms with van der Waals surface area (Å²) in [7, 11) is -3.08. The minimum atomic E-state index is -3.08. The summed E-state index contributed by atoms with van der Waals surface area (Å²) < 4.78 is 24.7. The summed E-state index contributed by atoms with van der Waals surface area (Å²) in [5.74, 6) is 1.10. The first-order valence-corrected chi connectivity index (χ1v) is 9.47. The molecule has 0 aromatic rings. The quantitative estimate of drug-likeness (QED) is 0.852. The highest BCUT2D eigenvalue weighted by Crippen LogP contribution is 2.39. The Hall–Kier alpha value is 0.220. The lowest BCUT2D eigenvalue weighted by atomic mass is 9.85. The van der Waals surface area contributed by atoms with Crippen LogP contribution in [0.5, 0.6) is 0 Å². The summed E-state index contributed by atoms with van der Waals surface area (Å²) >= 11 is 1.82. The predicted octanol–water partition coefficient (Wildman–Crippen LogP) is 1.30. The number of sulfonamides is 1. The van der Waals surface area contributed by atoms with E-state index in [1.54, 1.807) is 4.31 Å². The standard InChI is InChI=1S/C12H23NO3S2/c1-10-6-12(14,9-17-10)7-11-4-3-5-13(8-11)18(2,15)16/h10-11,14H,3-9H2,1-2H3. The molecule has 2 rings (SSSR count). The Morgan fingerprint density at radius 2 is 2.22 bits per heavy atom. The Balaban J connectivity index is 1.94. The Bertz CT molecular complexity index is 398. The van der Waals surface area contributed by atoms with Gasteiger partial charge in [0.05, 0.1) is 11.9 Å². The maximum absolute atomic E-state index is 11.6. The minimum absolute atomic E-state index is 0.310. The van der Waals surface area contributed by atoms with Crippen molar-refractivity contribution < 1.29 is 13.5 Å². The molecule has 0 aliphatic carbocycles. The van der Waals surface area contributed by atoms with Crippen LogP contribution in [0.2, 0.25) is 0 Å². The second-order valence-electron chi connectivity index (χ2n) is 5.88. The fraction of sp³-hybridized carbons (Fsp3) is 1.00. The molecular formula is C12H23NO3S2. The minimum Gasteiger partial charge on any atom is -0.389 e. The van der Waals surface area contributed by atoms with Crippen LogP contribution in [0.3, 0.4) is 0 Å². The molecule has 0 saturated carbocycles. The highest BCUT2D eigenvalue weighted by atomic mass is 32.2. The molecular weight excluding hydrogens is 270 g/mol. The molecule has 6 heteroatoms. The van der Waals surface area contributed by atoms with E-state index in [1.807, 2.05) is 11.8 Å². The van der Waals surface area contributed by atoms with Gasteiger partial charge in [-0.1, -0.05) is 6.92 Å². The monoisotopic (exact) mass is 293 g/mol. The van der Waals surface area contributed by atoms with Gasteiger partial charge in [-0.3, -0.25) is 0 Å². The molecule has 18 heavy (non-hydrogen) atoms. The van der Waals surface area contributed by atoms with E-state index in [2.05, 4.69) is 6.92 Å². The van der Waals surface area contributed by atoms with Crippen molar-refractivity contribution in [3.63, 3.8) is 0 Å². The Labute approximate surface area is 114 Å². The third-order valence-corrected chi connectivity index (χ3v) is 6.63. The first-order valence-electron chi connectivity index (χ1n) is 6.58. The summed E-state index contributed by atoms with van der Waals surface area (Å²) in [6.45, 7) is 3.37. The van der Waals surface area contributed by atoms with Gasteiger partial charge in [-0.15, -0.1) is 0 Å². The van der Waals surface area contributed by atoms with Gasteiger partial charge in [0.2, 0.25) is 10.0 Å². The van der Waals surface area contributed by atoms with Crippen LogP contribution < -0.4 is 0 Å². The number of rotatable bonds is 3. The third kappa shape index (κ3) is 3.62. The van der Waals surface area contributed by atoms with Crippen LogP contribution in [0.25, 0.3) is 0 Å². The molecule has 2 aliphatic rings. The molecule has 0 aromatic heterocycles. The Kier molecular flexibility index (Phi) is 4.31. The number of hydrogen-bond donors (Lipinski definition) is 1. The van der Waals surface area contributed by atoms with E-state index in [4.69, 9.17) is 0 Å². The van der Waals surface area contributed by atoms with E-state index in [1.165, 1.54) is 6.26 Å². The third-order valence-electron chi connectivity index (χ3n) is 3.92. The average Bonchev–Trinajstić information content (AvgIpc) is 2.57. The SMILES string of the molecule is CC1CC(O)(CC2CCCN(S(C)(=O)=O)C2)CS1. The van der Waals surface area contributed by atoms with E-state index in [0.29, 0.717) is 24.3 Å². The van der Waals surface area contributed by atoms with Crippen molar-refractivity contribution in [3.05, 3.63) is 0 Å². The molecule has 2 aliphatic heterocycles. The maximum Gasteiger partial charge on any atom is 0.211 e. The van der Waals surface area contributed by atoms with Crippen LogP contribution >= 0.6 is 11.8 Å². The molecule has 1 N–H and O–H groups in total. The van der Waals surface area contributed by atoms with E-state index in [9.17, 15) is 13.5 Å². The first kappa shape index (κ1) is 14.6. The normalized spacial score (nSPS) is 39.1. The van der Waals surface area contributed by atoms with Crippen LogP contribution in [0.4, 0.5) is 0 Å². The van der Waals surface area contributed by atoms with E-state index in [0.717, 1.165) is 31.4 Å². The van der Waals surface area contributed by atoms with Crippen molar-refractivity contribution in [3.8, 4) is 0 Å². The summed E-state index contributed by atoms with van der Waals surface area (Å²) in [6, 6.07) is 0. The van der Waals surface area contributed by atoms with E-state index >= 15 is 0 Å². The molecule has 3 atom stereocenters. The van der Waals surface area contributed by atoms with Crippen LogP contribution in [-0.4, -0.2) is 53.8 Å². The van der Waals surface area contributed by atoms with Gasteiger partial charge in [0, 0.05) is 24.1 Å². The van der Waals surface area contributed by atoms with Crippen molar-refractivity contribution in [1.29, 1.82) is 0 Å². The Morgan fingerprint density at radius 1 is 1.50 bits per heavy atom. The number of piperidine rings is 1. The second kappa shape index (κ2) is 5.31. The van der Waals surface area contributed by atoms with E-state index in [-0.39, 0.29) is 0 Å². The first-order chi connectivity index (χ1) is 8.28. The van der Waals surface area contributed by atoms with Crippen molar-refractivity contribution in [2.45, 2.75) is 43.5 Å². The maximum atomic E-state index is 11.6. The van der Waals surface area contributed by atoms with Gasteiger partial charge in [0.15, 0.2) is 0 Å². The second-order valence-corrected chi connectivity index (χ2v) is 9.29. The molecule has 2 heterocycles. The molecule has 0 spiro atoms. The highest BCUT2D eigenvalue weighted by Gasteiger charge is 2.39. The van der Waals surface area contributed by atoms with Crippen LogP contribution in [-0.2, 0) is 10.0 Å². The van der Waals surface area contributed by atoms with E-state index < -0.39 is 15.6 Å². The molecule has 2 fully saturated rings. The van der Waals surface area contributed by atoms with Gasteiger partial charge in [-0.25, -0.2) is 12.7 Å². The van der Waals surface area contributed by atoms with Crippen LogP contribution in [0, 0.1) is 5.92 Å². The predicted molar refractivity (Wildman–Crippen MR) is 75.2 cm³/mol. The number of hydrogen-bond acceptors (Lipinski definition) is 4. The van der Waals surface area contributed by atoms with Crippen LogP contribution in [0.15, 0.2) is 0 Å². The van der Waals surface area contributed by atoms with Crippen molar-refractivity contribution >= 4 is 21.8 Å². The topological polar surface area (TPSA) is 57.6 Å². The average molecular weight is 293 g/mol. The Morgan fingerprint density at radius 3 is 2.78 bits per heavy atom. The summed E-state index contributed by atoms with van der Waals surface area (Å²) in [5.41, 5.74) is -0.574.